The van der Waals surface area contributed by atoms with Crippen LogP contribution in [0.1, 0.15) is 39.1 Å². The first-order chi connectivity index (χ1) is 9.95. The number of rotatable bonds is 6. The van der Waals surface area contributed by atoms with Gasteiger partial charge in [-0.1, -0.05) is 0 Å². The van der Waals surface area contributed by atoms with E-state index in [1.165, 1.54) is 0 Å². The predicted molar refractivity (Wildman–Crippen MR) is 88.8 cm³/mol. The molecule has 0 fully saturated rings. The van der Waals surface area contributed by atoms with Crippen LogP contribution in [-0.2, 0) is 12.4 Å². The highest BCUT2D eigenvalue weighted by molar-refractivity contribution is 6.16. The predicted octanol–water partition coefficient (Wildman–Crippen LogP) is 3.60. The fourth-order valence-corrected chi connectivity index (χ4v) is 3.05. The maximum atomic E-state index is 6.07. The quantitative estimate of drug-likeness (QED) is 0.765. The molecular formula is C16H25ClN4. The van der Waals surface area contributed by atoms with Crippen molar-refractivity contribution in [3.8, 4) is 0 Å². The lowest BCUT2D eigenvalue weighted by molar-refractivity contribution is 0.168. The smallest absolute Gasteiger partial charge is 0.160 e. The summed E-state index contributed by atoms with van der Waals surface area (Å²) in [6.07, 6.45) is 1.84. The molecular weight excluding hydrogens is 284 g/mol. The molecule has 0 radical (unpaired) electrons. The van der Waals surface area contributed by atoms with E-state index >= 15 is 0 Å². The van der Waals surface area contributed by atoms with Crippen molar-refractivity contribution in [2.75, 3.05) is 6.54 Å². The minimum absolute atomic E-state index is 0.416. The van der Waals surface area contributed by atoms with Crippen LogP contribution in [0.15, 0.2) is 12.3 Å². The van der Waals surface area contributed by atoms with E-state index in [0.29, 0.717) is 18.0 Å². The van der Waals surface area contributed by atoms with Gasteiger partial charge in [0.25, 0.3) is 0 Å². The molecule has 2 rings (SSSR count). The minimum Gasteiger partial charge on any atom is -0.310 e. The molecule has 0 atom stereocenters. The van der Waals surface area contributed by atoms with Crippen molar-refractivity contribution < 1.29 is 0 Å². The van der Waals surface area contributed by atoms with Crippen LogP contribution in [0.5, 0.6) is 0 Å². The molecule has 0 aliphatic heterocycles. The molecule has 0 unspecified atom stereocenters. The number of pyridine rings is 1. The minimum atomic E-state index is 0.416. The lowest BCUT2D eigenvalue weighted by Crippen LogP contribution is -2.39. The number of aryl methyl sites for hydroxylation is 1. The molecule has 0 aliphatic carbocycles. The van der Waals surface area contributed by atoms with Gasteiger partial charge in [0.15, 0.2) is 5.65 Å². The van der Waals surface area contributed by atoms with Gasteiger partial charge >= 0.3 is 0 Å². The molecule has 2 aromatic heterocycles. The maximum absolute atomic E-state index is 6.07. The Morgan fingerprint density at radius 1 is 1.24 bits per heavy atom. The molecule has 0 N–H and O–H groups in total. The summed E-state index contributed by atoms with van der Waals surface area (Å²) in [7, 11) is 0. The zero-order chi connectivity index (χ0) is 15.6. The number of aromatic nitrogens is 3. The lowest BCUT2D eigenvalue weighted by Gasteiger charge is -2.30. The molecule has 0 saturated carbocycles. The Bertz CT molecular complexity index is 596. The van der Waals surface area contributed by atoms with Crippen LogP contribution < -0.4 is 0 Å². The zero-order valence-electron chi connectivity index (χ0n) is 13.6. The summed E-state index contributed by atoms with van der Waals surface area (Å²) in [5.41, 5.74) is 3.06. The van der Waals surface area contributed by atoms with Crippen molar-refractivity contribution in [2.45, 2.75) is 59.1 Å². The van der Waals surface area contributed by atoms with Gasteiger partial charge in [-0.05, 0) is 46.2 Å². The number of hydrogen-bond acceptors (Lipinski definition) is 3. The summed E-state index contributed by atoms with van der Waals surface area (Å²) in [6, 6.07) is 3.04. The maximum Gasteiger partial charge on any atom is 0.160 e. The molecule has 116 valence electrons. The van der Waals surface area contributed by atoms with E-state index in [1.807, 2.05) is 12.3 Å². The molecule has 0 saturated heterocycles. The summed E-state index contributed by atoms with van der Waals surface area (Å²) in [5, 5.41) is 0. The zero-order valence-corrected chi connectivity index (χ0v) is 14.4. The van der Waals surface area contributed by atoms with E-state index in [9.17, 15) is 0 Å². The van der Waals surface area contributed by atoms with Crippen LogP contribution >= 0.6 is 11.6 Å². The third kappa shape index (κ3) is 3.38. The molecule has 0 aromatic carbocycles. The summed E-state index contributed by atoms with van der Waals surface area (Å²) in [4.78, 5) is 11.6. The summed E-state index contributed by atoms with van der Waals surface area (Å²) in [5.74, 6) is 1.32. The highest BCUT2D eigenvalue weighted by Crippen LogP contribution is 2.19. The second-order valence-corrected chi connectivity index (χ2v) is 6.31. The normalized spacial score (nSPS) is 12.2. The third-order valence-corrected chi connectivity index (χ3v) is 4.18. The van der Waals surface area contributed by atoms with E-state index in [1.54, 1.807) is 0 Å². The van der Waals surface area contributed by atoms with E-state index in [0.717, 1.165) is 35.6 Å². The molecule has 0 amide bonds. The van der Waals surface area contributed by atoms with Crippen molar-refractivity contribution in [2.24, 2.45) is 0 Å². The molecule has 5 heteroatoms. The Morgan fingerprint density at radius 3 is 2.48 bits per heavy atom. The van der Waals surface area contributed by atoms with Gasteiger partial charge in [-0.3, -0.25) is 4.90 Å². The lowest BCUT2D eigenvalue weighted by atomic mass is 10.2. The number of halogens is 1. The van der Waals surface area contributed by atoms with E-state index in [2.05, 4.69) is 54.1 Å². The number of hydrogen-bond donors (Lipinski definition) is 0. The summed E-state index contributed by atoms with van der Waals surface area (Å²) >= 11 is 6.07. The van der Waals surface area contributed by atoms with Crippen molar-refractivity contribution in [3.05, 3.63) is 23.7 Å². The van der Waals surface area contributed by atoms with E-state index < -0.39 is 0 Å². The first-order valence-corrected chi connectivity index (χ1v) is 8.11. The fourth-order valence-electron chi connectivity index (χ4n) is 2.85. The highest BCUT2D eigenvalue weighted by atomic mass is 35.5. The van der Waals surface area contributed by atoms with Crippen LogP contribution in [0, 0.1) is 6.92 Å². The molecule has 0 aliphatic rings. The third-order valence-electron chi connectivity index (χ3n) is 3.94. The Balaban J connectivity index is 2.31. The average Bonchev–Trinajstić information content (AvgIpc) is 2.78. The molecule has 0 bridgehead atoms. The Kier molecular flexibility index (Phi) is 5.22. The van der Waals surface area contributed by atoms with E-state index in [-0.39, 0.29) is 0 Å². The van der Waals surface area contributed by atoms with Gasteiger partial charge in [0.1, 0.15) is 11.3 Å². The van der Waals surface area contributed by atoms with Gasteiger partial charge in [0.05, 0.1) is 5.88 Å². The Hall–Kier alpha value is -1.13. The molecule has 2 heterocycles. The van der Waals surface area contributed by atoms with Crippen LogP contribution in [0.4, 0.5) is 0 Å². The van der Waals surface area contributed by atoms with Crippen LogP contribution in [0.25, 0.3) is 11.2 Å². The molecule has 21 heavy (non-hydrogen) atoms. The summed E-state index contributed by atoms with van der Waals surface area (Å²) < 4.78 is 2.16. The number of imidazole rings is 1. The van der Waals surface area contributed by atoms with Crippen LogP contribution in [0.3, 0.4) is 0 Å². The van der Waals surface area contributed by atoms with Crippen LogP contribution in [0.2, 0.25) is 0 Å². The standard InChI is InChI=1S/C16H25ClN4/c1-11(2)20(12(3)4)8-9-21-14(10-17)19-15-13(5)6-7-18-16(15)21/h6-7,11-12H,8-10H2,1-5H3. The van der Waals surface area contributed by atoms with Crippen molar-refractivity contribution in [1.29, 1.82) is 0 Å². The van der Waals surface area contributed by atoms with Gasteiger partial charge in [-0.15, -0.1) is 11.6 Å². The molecule has 0 spiro atoms. The Labute approximate surface area is 132 Å². The molecule has 2 aromatic rings. The number of fused-ring (bicyclic) bond motifs is 1. The average molecular weight is 309 g/mol. The van der Waals surface area contributed by atoms with Gasteiger partial charge < -0.3 is 4.57 Å². The SMILES string of the molecule is Cc1ccnc2c1nc(CCl)n2CCN(C(C)C)C(C)C. The van der Waals surface area contributed by atoms with Crippen LogP contribution in [-0.4, -0.2) is 38.1 Å². The van der Waals surface area contributed by atoms with Gasteiger partial charge in [-0.25, -0.2) is 9.97 Å². The topological polar surface area (TPSA) is 34.0 Å². The largest absolute Gasteiger partial charge is 0.310 e. The van der Waals surface area contributed by atoms with Gasteiger partial charge in [-0.2, -0.15) is 0 Å². The highest BCUT2D eigenvalue weighted by Gasteiger charge is 2.16. The second kappa shape index (κ2) is 6.75. The Morgan fingerprint density at radius 2 is 1.90 bits per heavy atom. The van der Waals surface area contributed by atoms with Gasteiger partial charge in [0.2, 0.25) is 0 Å². The first-order valence-electron chi connectivity index (χ1n) is 7.58. The van der Waals surface area contributed by atoms with Crippen molar-refractivity contribution in [1.82, 2.24) is 19.4 Å². The van der Waals surface area contributed by atoms with Gasteiger partial charge in [0, 0.05) is 31.4 Å². The number of nitrogens with zero attached hydrogens (tertiary/aromatic N) is 4. The first kappa shape index (κ1) is 16.2. The van der Waals surface area contributed by atoms with E-state index in [4.69, 9.17) is 11.6 Å². The number of alkyl halides is 1. The summed E-state index contributed by atoms with van der Waals surface area (Å²) in [6.45, 7) is 12.8. The monoisotopic (exact) mass is 308 g/mol. The molecule has 4 nitrogen and oxygen atoms in total. The van der Waals surface area contributed by atoms with Crippen molar-refractivity contribution in [3.63, 3.8) is 0 Å². The van der Waals surface area contributed by atoms with Crippen molar-refractivity contribution >= 4 is 22.8 Å². The fraction of sp³-hybridized carbons (Fsp3) is 0.625. The second-order valence-electron chi connectivity index (χ2n) is 6.04.